The number of aliphatic carboxylic acids is 1. The van der Waals surface area contributed by atoms with Gasteiger partial charge in [0.1, 0.15) is 24.0 Å². The molecule has 3 aromatic rings. The van der Waals surface area contributed by atoms with Crippen molar-refractivity contribution >= 4 is 29.5 Å². The lowest BCUT2D eigenvalue weighted by molar-refractivity contribution is -0.161. The number of nitrogens with zero attached hydrogens (tertiary/aromatic N) is 7. The molecule has 198 valence electrons. The van der Waals surface area contributed by atoms with Gasteiger partial charge in [-0.3, -0.25) is 24.5 Å². The lowest BCUT2D eigenvalue weighted by atomic mass is 9.96. The van der Waals surface area contributed by atoms with E-state index in [9.17, 15) is 19.5 Å². The summed E-state index contributed by atoms with van der Waals surface area (Å²) in [5.41, 5.74) is 2.49. The van der Waals surface area contributed by atoms with E-state index in [-0.39, 0.29) is 12.5 Å². The van der Waals surface area contributed by atoms with Crippen LogP contribution in [0.3, 0.4) is 0 Å². The number of rotatable bonds is 10. The number of hydrogen-bond donors (Lipinski definition) is 2. The second-order valence-corrected chi connectivity index (χ2v) is 11.6. The standard InChI is InChI=1S/C25H28N8O4S/c1-25(2)21(24(36)37)33-22(35)20(23(33)38-25)28-19(34)15-32-14-18(29-30-32)13-31(11-16-7-3-5-9-26-16)12-17-8-4-6-10-27-17/h3-10,14,20-21,23H,11-13,15H2,1-2H3,(H,28,34)(H,36,37)/t20-,21+,23?/m1/s1. The zero-order valence-electron chi connectivity index (χ0n) is 21.0. The molecular weight excluding hydrogens is 508 g/mol. The van der Waals surface area contributed by atoms with Crippen LogP contribution in [0.5, 0.6) is 0 Å². The largest absolute Gasteiger partial charge is 0.480 e. The maximum absolute atomic E-state index is 12.7. The Morgan fingerprint density at radius 1 is 1.05 bits per heavy atom. The summed E-state index contributed by atoms with van der Waals surface area (Å²) in [6, 6.07) is 9.85. The SMILES string of the molecule is CC1(C)SC2[C@H](NC(=O)Cn3cc(CN(Cc4ccccn4)Cc4ccccn4)nn3)C(=O)N2[C@H]1C(=O)O. The van der Waals surface area contributed by atoms with Gasteiger partial charge in [0.05, 0.1) is 23.3 Å². The van der Waals surface area contributed by atoms with Gasteiger partial charge in [0.25, 0.3) is 0 Å². The molecule has 1 unspecified atom stereocenters. The number of fused-ring (bicyclic) bond motifs is 1. The smallest absolute Gasteiger partial charge is 0.327 e. The summed E-state index contributed by atoms with van der Waals surface area (Å²) < 4.78 is 0.778. The van der Waals surface area contributed by atoms with Gasteiger partial charge in [-0.05, 0) is 38.1 Å². The Kier molecular flexibility index (Phi) is 7.13. The van der Waals surface area contributed by atoms with E-state index >= 15 is 0 Å². The fourth-order valence-electron chi connectivity index (χ4n) is 4.84. The van der Waals surface area contributed by atoms with Crippen LogP contribution in [-0.4, -0.2) is 79.9 Å². The second kappa shape index (κ2) is 10.5. The summed E-state index contributed by atoms with van der Waals surface area (Å²) >= 11 is 1.39. The first kappa shape index (κ1) is 25.8. The molecule has 5 heterocycles. The molecule has 0 spiro atoms. The van der Waals surface area contributed by atoms with Crippen molar-refractivity contribution in [3.05, 3.63) is 72.1 Å². The van der Waals surface area contributed by atoms with Crippen molar-refractivity contribution < 1.29 is 19.5 Å². The molecule has 38 heavy (non-hydrogen) atoms. The van der Waals surface area contributed by atoms with E-state index < -0.39 is 34.1 Å². The quantitative estimate of drug-likeness (QED) is 0.358. The third-order valence-corrected chi connectivity index (χ3v) is 8.06. The van der Waals surface area contributed by atoms with Gasteiger partial charge >= 0.3 is 5.97 Å². The molecule has 2 amide bonds. The first-order valence-corrected chi connectivity index (χ1v) is 13.0. The molecule has 0 saturated carbocycles. The van der Waals surface area contributed by atoms with E-state index in [0.29, 0.717) is 25.3 Å². The third-order valence-electron chi connectivity index (χ3n) is 6.49. The number of carboxylic acids is 1. The minimum Gasteiger partial charge on any atom is -0.480 e. The van der Waals surface area contributed by atoms with Crippen LogP contribution in [0.2, 0.25) is 0 Å². The molecule has 13 heteroatoms. The molecule has 2 N–H and O–H groups in total. The molecule has 0 aliphatic carbocycles. The summed E-state index contributed by atoms with van der Waals surface area (Å²) in [5, 5.41) is 20.2. The highest BCUT2D eigenvalue weighted by Gasteiger charge is 2.64. The maximum atomic E-state index is 12.7. The van der Waals surface area contributed by atoms with E-state index in [2.05, 4.69) is 30.5 Å². The minimum atomic E-state index is -1.04. The van der Waals surface area contributed by atoms with Crippen LogP contribution < -0.4 is 5.32 Å². The molecule has 3 atom stereocenters. The molecule has 2 aliphatic rings. The molecular formula is C25H28N8O4S. The molecule has 0 aromatic carbocycles. The molecule has 2 fully saturated rings. The highest BCUT2D eigenvalue weighted by atomic mass is 32.2. The number of aromatic nitrogens is 5. The number of hydrogen-bond acceptors (Lipinski definition) is 9. The fraction of sp³-hybridized carbons (Fsp3) is 0.400. The number of β-lactam (4-membered cyclic amide) rings is 1. The van der Waals surface area contributed by atoms with Gasteiger partial charge in [-0.2, -0.15) is 0 Å². The molecule has 0 radical (unpaired) electrons. The van der Waals surface area contributed by atoms with Crippen molar-refractivity contribution in [1.82, 2.24) is 40.1 Å². The number of pyridine rings is 2. The van der Waals surface area contributed by atoms with Crippen LogP contribution >= 0.6 is 11.8 Å². The summed E-state index contributed by atoms with van der Waals surface area (Å²) in [7, 11) is 0. The Morgan fingerprint density at radius 2 is 1.68 bits per heavy atom. The van der Waals surface area contributed by atoms with E-state index in [0.717, 1.165) is 11.4 Å². The van der Waals surface area contributed by atoms with Crippen LogP contribution in [0.4, 0.5) is 0 Å². The average molecular weight is 537 g/mol. The first-order chi connectivity index (χ1) is 18.2. The summed E-state index contributed by atoms with van der Waals surface area (Å²) in [6.45, 7) is 5.11. The number of nitrogens with one attached hydrogen (secondary N) is 1. The van der Waals surface area contributed by atoms with Crippen molar-refractivity contribution in [2.75, 3.05) is 0 Å². The monoisotopic (exact) mass is 536 g/mol. The molecule has 0 bridgehead atoms. The van der Waals surface area contributed by atoms with E-state index in [1.807, 2.05) is 36.4 Å². The van der Waals surface area contributed by atoms with Gasteiger partial charge in [-0.1, -0.05) is 17.3 Å². The van der Waals surface area contributed by atoms with Crippen molar-refractivity contribution in [3.63, 3.8) is 0 Å². The maximum Gasteiger partial charge on any atom is 0.327 e. The lowest BCUT2D eigenvalue weighted by Crippen LogP contribution is -2.70. The molecule has 12 nitrogen and oxygen atoms in total. The minimum absolute atomic E-state index is 0.111. The summed E-state index contributed by atoms with van der Waals surface area (Å²) in [4.78, 5) is 49.4. The van der Waals surface area contributed by atoms with Crippen LogP contribution in [0.15, 0.2) is 55.0 Å². The van der Waals surface area contributed by atoms with Crippen LogP contribution in [0.1, 0.15) is 30.9 Å². The normalized spacial score (nSPS) is 21.7. The molecule has 5 rings (SSSR count). The summed E-state index contributed by atoms with van der Waals surface area (Å²) in [6.07, 6.45) is 5.20. The third kappa shape index (κ3) is 5.38. The Labute approximate surface area is 223 Å². The van der Waals surface area contributed by atoms with Gasteiger partial charge in [0.15, 0.2) is 0 Å². The Bertz CT molecular complexity index is 1280. The fourth-order valence-corrected chi connectivity index (χ4v) is 6.46. The predicted molar refractivity (Wildman–Crippen MR) is 137 cm³/mol. The lowest BCUT2D eigenvalue weighted by Gasteiger charge is -2.43. The van der Waals surface area contributed by atoms with Crippen molar-refractivity contribution in [2.45, 2.75) is 62.2 Å². The molecule has 2 aliphatic heterocycles. The Hall–Kier alpha value is -3.84. The van der Waals surface area contributed by atoms with Crippen LogP contribution in [-0.2, 0) is 40.6 Å². The predicted octanol–water partition coefficient (Wildman–Crippen LogP) is 0.902. The van der Waals surface area contributed by atoms with Crippen molar-refractivity contribution in [1.29, 1.82) is 0 Å². The van der Waals surface area contributed by atoms with Gasteiger partial charge in [-0.15, -0.1) is 16.9 Å². The van der Waals surface area contributed by atoms with Crippen LogP contribution in [0, 0.1) is 0 Å². The number of thioether (sulfide) groups is 1. The number of carbonyl (C=O) groups is 3. The molecule has 3 aromatic heterocycles. The van der Waals surface area contributed by atoms with E-state index in [1.54, 1.807) is 32.4 Å². The highest BCUT2D eigenvalue weighted by molar-refractivity contribution is 8.01. The number of carboxylic acid groups (broad SMARTS) is 1. The van der Waals surface area contributed by atoms with Gasteiger partial charge in [0.2, 0.25) is 11.8 Å². The van der Waals surface area contributed by atoms with E-state index in [4.69, 9.17) is 0 Å². The van der Waals surface area contributed by atoms with Crippen molar-refractivity contribution in [3.8, 4) is 0 Å². The van der Waals surface area contributed by atoms with Gasteiger partial charge in [0, 0.05) is 36.8 Å². The number of amides is 2. The van der Waals surface area contributed by atoms with Crippen LogP contribution in [0.25, 0.3) is 0 Å². The topological polar surface area (TPSA) is 146 Å². The van der Waals surface area contributed by atoms with E-state index in [1.165, 1.54) is 21.3 Å². The summed E-state index contributed by atoms with van der Waals surface area (Å²) in [5.74, 6) is -1.82. The molecule has 2 saturated heterocycles. The van der Waals surface area contributed by atoms with Crippen molar-refractivity contribution in [2.24, 2.45) is 0 Å². The highest BCUT2D eigenvalue weighted by Crippen LogP contribution is 2.50. The first-order valence-electron chi connectivity index (χ1n) is 12.1. The van der Waals surface area contributed by atoms with Gasteiger partial charge < -0.3 is 15.3 Å². The van der Waals surface area contributed by atoms with Gasteiger partial charge in [-0.25, -0.2) is 9.48 Å². The number of carbonyl (C=O) groups excluding carboxylic acids is 2. The Morgan fingerprint density at radius 3 is 2.26 bits per heavy atom. The zero-order valence-corrected chi connectivity index (χ0v) is 21.8. The zero-order chi connectivity index (χ0) is 26.9. The second-order valence-electron chi connectivity index (χ2n) is 9.84. The average Bonchev–Trinajstić information content (AvgIpc) is 3.42. The Balaban J connectivity index is 1.20.